The Balaban J connectivity index is 0.00000380. The zero-order valence-corrected chi connectivity index (χ0v) is 20.8. The first kappa shape index (κ1) is 27.2. The van der Waals surface area contributed by atoms with Gasteiger partial charge in [0.25, 0.3) is 5.91 Å². The van der Waals surface area contributed by atoms with E-state index in [1.807, 2.05) is 0 Å². The second-order valence-electron chi connectivity index (χ2n) is 7.65. The number of carbonyl (C=O) groups excluding carboxylic acids is 2. The van der Waals surface area contributed by atoms with Crippen LogP contribution in [0.5, 0.6) is 5.75 Å². The molecule has 0 bridgehead atoms. The van der Waals surface area contributed by atoms with Gasteiger partial charge in [-0.15, -0.1) is 12.4 Å². The number of halogens is 2. The minimum atomic E-state index is -0.602. The number of nitrogens with one attached hydrogen (secondary N) is 2. The van der Waals surface area contributed by atoms with Crippen molar-refractivity contribution >= 4 is 47.3 Å². The molecule has 0 aliphatic carbocycles. The van der Waals surface area contributed by atoms with Gasteiger partial charge in [-0.05, 0) is 54.1 Å². The maximum atomic E-state index is 12.7. The van der Waals surface area contributed by atoms with E-state index in [0.717, 1.165) is 0 Å². The van der Waals surface area contributed by atoms with Crippen LogP contribution in [0, 0.1) is 11.3 Å². The van der Waals surface area contributed by atoms with Gasteiger partial charge in [-0.2, -0.15) is 5.26 Å². The number of phenolic OH excluding ortho intramolecular Hbond substituents is 1. The lowest BCUT2D eigenvalue weighted by atomic mass is 9.97. The maximum Gasteiger partial charge on any atom is 0.292 e. The van der Waals surface area contributed by atoms with Crippen molar-refractivity contribution in [2.75, 3.05) is 17.2 Å². The van der Waals surface area contributed by atoms with Crippen LogP contribution in [0.4, 0.5) is 11.5 Å². The number of benzene rings is 2. The molecule has 0 spiro atoms. The van der Waals surface area contributed by atoms with E-state index in [1.54, 1.807) is 48.5 Å². The molecule has 0 aliphatic heterocycles. The van der Waals surface area contributed by atoms with E-state index in [9.17, 15) is 20.0 Å². The summed E-state index contributed by atoms with van der Waals surface area (Å²) in [6.45, 7) is 0.209. The largest absolute Gasteiger partial charge is 0.507 e. The SMILES string of the molecule is Cl.N#Cc1c(-c2cccc(NC(=O)CCN)c2)cc(-c2ccc(Cl)cc2O)nc1NC(=O)c1ccco1. The minimum absolute atomic E-state index is 0. The summed E-state index contributed by atoms with van der Waals surface area (Å²) in [7, 11) is 0. The molecule has 0 aliphatic rings. The van der Waals surface area contributed by atoms with Gasteiger partial charge in [0.2, 0.25) is 5.91 Å². The first-order valence-electron chi connectivity index (χ1n) is 10.8. The average Bonchev–Trinajstić information content (AvgIpc) is 3.39. The zero-order valence-electron chi connectivity index (χ0n) is 19.2. The van der Waals surface area contributed by atoms with Crippen molar-refractivity contribution < 1.29 is 19.1 Å². The predicted octanol–water partition coefficient (Wildman–Crippen LogP) is 5.20. The fraction of sp³-hybridized carbons (Fsp3) is 0.0769. The number of nitrogens with two attached hydrogens (primary N) is 1. The van der Waals surface area contributed by atoms with Crippen LogP contribution in [0.2, 0.25) is 5.02 Å². The third-order valence-corrected chi connectivity index (χ3v) is 5.41. The van der Waals surface area contributed by atoms with Crippen LogP contribution < -0.4 is 16.4 Å². The van der Waals surface area contributed by atoms with Crippen LogP contribution in [0.1, 0.15) is 22.5 Å². The molecule has 9 nitrogen and oxygen atoms in total. The number of aromatic nitrogens is 1. The van der Waals surface area contributed by atoms with Gasteiger partial charge in [0.1, 0.15) is 17.4 Å². The standard InChI is InChI=1S/C26H20ClN5O4.ClH/c27-16-6-7-18(22(33)12-16)21-13-19(15-3-1-4-17(11-15)30-24(34)8-9-28)20(14-29)25(31-21)32-26(35)23-5-2-10-36-23;/h1-7,10-13,33H,8-9,28H2,(H,30,34)(H,31,32,35);1H. The molecule has 2 aromatic carbocycles. The van der Waals surface area contributed by atoms with Gasteiger partial charge in [-0.3, -0.25) is 9.59 Å². The molecule has 2 aromatic heterocycles. The summed E-state index contributed by atoms with van der Waals surface area (Å²) in [5, 5.41) is 26.2. The Bertz CT molecular complexity index is 1480. The minimum Gasteiger partial charge on any atom is -0.507 e. The molecule has 0 unspecified atom stereocenters. The molecule has 0 saturated carbocycles. The van der Waals surface area contributed by atoms with Gasteiger partial charge in [0.05, 0.1) is 12.0 Å². The van der Waals surface area contributed by atoms with Gasteiger partial charge >= 0.3 is 0 Å². The summed E-state index contributed by atoms with van der Waals surface area (Å²) in [4.78, 5) is 29.2. The first-order chi connectivity index (χ1) is 17.4. The number of phenols is 1. The molecule has 11 heteroatoms. The Labute approximate surface area is 223 Å². The third-order valence-electron chi connectivity index (χ3n) is 5.17. The number of nitriles is 1. The van der Waals surface area contributed by atoms with E-state index in [4.69, 9.17) is 21.8 Å². The van der Waals surface area contributed by atoms with Crippen molar-refractivity contribution in [2.24, 2.45) is 5.73 Å². The van der Waals surface area contributed by atoms with Crippen LogP contribution in [0.25, 0.3) is 22.4 Å². The van der Waals surface area contributed by atoms with Crippen molar-refractivity contribution in [1.29, 1.82) is 5.26 Å². The van der Waals surface area contributed by atoms with Gasteiger partial charge in [-0.1, -0.05) is 23.7 Å². The highest BCUT2D eigenvalue weighted by Crippen LogP contribution is 2.37. The molecular weight excluding hydrogens is 517 g/mol. The fourth-order valence-electron chi connectivity index (χ4n) is 3.53. The van der Waals surface area contributed by atoms with Gasteiger partial charge in [-0.25, -0.2) is 4.98 Å². The summed E-state index contributed by atoms with van der Waals surface area (Å²) < 4.78 is 5.15. The van der Waals surface area contributed by atoms with Gasteiger partial charge in [0, 0.05) is 34.8 Å². The van der Waals surface area contributed by atoms with Gasteiger partial charge < -0.3 is 25.9 Å². The second-order valence-corrected chi connectivity index (χ2v) is 8.09. The molecule has 37 heavy (non-hydrogen) atoms. The lowest BCUT2D eigenvalue weighted by molar-refractivity contribution is -0.116. The van der Waals surface area contributed by atoms with Crippen LogP contribution >= 0.6 is 24.0 Å². The van der Waals surface area contributed by atoms with E-state index >= 15 is 0 Å². The monoisotopic (exact) mass is 537 g/mol. The number of hydrogen-bond acceptors (Lipinski definition) is 7. The molecule has 0 radical (unpaired) electrons. The number of pyridine rings is 1. The van der Waals surface area contributed by atoms with Crippen molar-refractivity contribution in [2.45, 2.75) is 6.42 Å². The highest BCUT2D eigenvalue weighted by molar-refractivity contribution is 6.30. The van der Waals surface area contributed by atoms with Crippen molar-refractivity contribution in [3.05, 3.63) is 83.3 Å². The molecule has 4 aromatic rings. The number of hydrogen-bond donors (Lipinski definition) is 4. The van der Waals surface area contributed by atoms with E-state index in [0.29, 0.717) is 27.4 Å². The molecule has 2 amide bonds. The summed E-state index contributed by atoms with van der Waals surface area (Å²) >= 11 is 5.98. The predicted molar refractivity (Wildman–Crippen MR) is 143 cm³/mol. The number of carbonyl (C=O) groups is 2. The van der Waals surface area contributed by atoms with E-state index in [1.165, 1.54) is 18.4 Å². The fourth-order valence-corrected chi connectivity index (χ4v) is 3.70. The molecule has 2 heterocycles. The van der Waals surface area contributed by atoms with Crippen LogP contribution in [0.3, 0.4) is 0 Å². The summed E-state index contributed by atoms with van der Waals surface area (Å²) in [6, 6.07) is 18.1. The number of nitrogens with zero attached hydrogens (tertiary/aromatic N) is 2. The molecule has 188 valence electrons. The van der Waals surface area contributed by atoms with Crippen molar-refractivity contribution in [1.82, 2.24) is 4.98 Å². The van der Waals surface area contributed by atoms with E-state index < -0.39 is 5.91 Å². The average molecular weight is 538 g/mol. The third kappa shape index (κ3) is 6.26. The molecule has 4 rings (SSSR count). The summed E-state index contributed by atoms with van der Waals surface area (Å²) in [5.74, 6) is -0.972. The van der Waals surface area contributed by atoms with E-state index in [-0.39, 0.29) is 59.9 Å². The second kappa shape index (κ2) is 12.1. The zero-order chi connectivity index (χ0) is 25.7. The molecular formula is C26H21Cl2N5O4. The molecule has 0 saturated heterocycles. The quantitative estimate of drug-likeness (QED) is 0.252. The Hall–Kier alpha value is -4.36. The van der Waals surface area contributed by atoms with Crippen LogP contribution in [0.15, 0.2) is 71.3 Å². The van der Waals surface area contributed by atoms with Gasteiger partial charge in [0.15, 0.2) is 11.6 Å². The Kier molecular flexibility index (Phi) is 8.87. The van der Waals surface area contributed by atoms with Crippen molar-refractivity contribution in [3.63, 3.8) is 0 Å². The molecule has 5 N–H and O–H groups in total. The smallest absolute Gasteiger partial charge is 0.292 e. The summed E-state index contributed by atoms with van der Waals surface area (Å²) in [6.07, 6.45) is 1.51. The highest BCUT2D eigenvalue weighted by Gasteiger charge is 2.20. The molecule has 0 fully saturated rings. The van der Waals surface area contributed by atoms with Crippen molar-refractivity contribution in [3.8, 4) is 34.2 Å². The molecule has 0 atom stereocenters. The van der Waals surface area contributed by atoms with E-state index in [2.05, 4.69) is 21.7 Å². The maximum absolute atomic E-state index is 12.7. The normalized spacial score (nSPS) is 10.2. The number of furan rings is 1. The number of aromatic hydroxyl groups is 1. The lowest BCUT2D eigenvalue weighted by Crippen LogP contribution is -2.16. The summed E-state index contributed by atoms with van der Waals surface area (Å²) in [5.41, 5.74) is 7.65. The van der Waals surface area contributed by atoms with Crippen LogP contribution in [-0.2, 0) is 4.79 Å². The topological polar surface area (TPSA) is 154 Å². The number of amides is 2. The number of anilines is 2. The Morgan fingerprint density at radius 1 is 1.08 bits per heavy atom. The lowest BCUT2D eigenvalue weighted by Gasteiger charge is -2.15. The first-order valence-corrected chi connectivity index (χ1v) is 11.2. The Morgan fingerprint density at radius 3 is 2.57 bits per heavy atom. The Morgan fingerprint density at radius 2 is 1.89 bits per heavy atom. The van der Waals surface area contributed by atoms with Crippen LogP contribution in [-0.4, -0.2) is 28.4 Å². The number of rotatable bonds is 7. The highest BCUT2D eigenvalue weighted by atomic mass is 35.5.